The van der Waals surface area contributed by atoms with E-state index >= 15 is 0 Å². The largest absolute Gasteiger partial charge is 0.366 e. The van der Waals surface area contributed by atoms with Gasteiger partial charge in [0.15, 0.2) is 0 Å². The van der Waals surface area contributed by atoms with E-state index < -0.39 is 5.91 Å². The van der Waals surface area contributed by atoms with Crippen molar-refractivity contribution in [3.8, 4) is 11.3 Å². The van der Waals surface area contributed by atoms with E-state index in [0.29, 0.717) is 5.56 Å². The molecule has 0 atom stereocenters. The van der Waals surface area contributed by atoms with Crippen molar-refractivity contribution in [2.75, 3.05) is 0 Å². The summed E-state index contributed by atoms with van der Waals surface area (Å²) in [6, 6.07) is 17.6. The monoisotopic (exact) mass is 287 g/mol. The molecule has 0 saturated heterocycles. The van der Waals surface area contributed by atoms with Crippen LogP contribution in [-0.2, 0) is 0 Å². The highest BCUT2D eigenvalue weighted by Crippen LogP contribution is 2.27. The number of nitrogens with one attached hydrogen (secondary N) is 1. The maximum Gasteiger partial charge on any atom is 0.250 e. The molecule has 0 radical (unpaired) electrons. The molecule has 2 aromatic heterocycles. The highest BCUT2D eigenvalue weighted by Gasteiger charge is 2.10. The molecule has 0 spiro atoms. The summed E-state index contributed by atoms with van der Waals surface area (Å²) >= 11 is 0. The summed E-state index contributed by atoms with van der Waals surface area (Å²) in [7, 11) is 0. The standard InChI is InChI=1S/C18H13N3O/c19-18(22)14-6-3-5-12-9-16(21-17(12)14)13-8-11-4-1-2-7-15(11)20-10-13/h1-10,21H,(H2,19,22). The van der Waals surface area contributed by atoms with Gasteiger partial charge in [0.2, 0.25) is 0 Å². The molecule has 0 saturated carbocycles. The van der Waals surface area contributed by atoms with Crippen LogP contribution < -0.4 is 5.73 Å². The zero-order chi connectivity index (χ0) is 15.1. The molecular weight excluding hydrogens is 274 g/mol. The fourth-order valence-corrected chi connectivity index (χ4v) is 2.74. The number of H-pyrrole nitrogens is 1. The first-order chi connectivity index (χ1) is 10.7. The van der Waals surface area contributed by atoms with Gasteiger partial charge in [0.05, 0.1) is 16.6 Å². The topological polar surface area (TPSA) is 71.8 Å². The molecule has 0 aliphatic heterocycles. The second kappa shape index (κ2) is 4.70. The van der Waals surface area contributed by atoms with Crippen LogP contribution in [0.5, 0.6) is 0 Å². The number of hydrogen-bond acceptors (Lipinski definition) is 2. The molecule has 0 aliphatic carbocycles. The van der Waals surface area contributed by atoms with Gasteiger partial charge in [-0.15, -0.1) is 0 Å². The Balaban J connectivity index is 1.92. The highest BCUT2D eigenvalue weighted by molar-refractivity contribution is 6.06. The Bertz CT molecular complexity index is 1020. The maximum absolute atomic E-state index is 11.5. The van der Waals surface area contributed by atoms with Gasteiger partial charge >= 0.3 is 0 Å². The van der Waals surface area contributed by atoms with Crippen molar-refractivity contribution in [1.82, 2.24) is 9.97 Å². The van der Waals surface area contributed by atoms with Gasteiger partial charge in [0.25, 0.3) is 5.91 Å². The van der Waals surface area contributed by atoms with Gasteiger partial charge in [0.1, 0.15) is 0 Å². The third-order valence-corrected chi connectivity index (χ3v) is 3.82. The van der Waals surface area contributed by atoms with Crippen LogP contribution in [0.3, 0.4) is 0 Å². The summed E-state index contributed by atoms with van der Waals surface area (Å²) < 4.78 is 0. The molecule has 0 aliphatic rings. The molecule has 0 fully saturated rings. The van der Waals surface area contributed by atoms with Gasteiger partial charge in [-0.3, -0.25) is 9.78 Å². The number of aromatic nitrogens is 2. The lowest BCUT2D eigenvalue weighted by Gasteiger charge is -2.01. The van der Waals surface area contributed by atoms with Crippen LogP contribution in [0.4, 0.5) is 0 Å². The molecule has 4 nitrogen and oxygen atoms in total. The van der Waals surface area contributed by atoms with E-state index in [0.717, 1.165) is 33.1 Å². The predicted octanol–water partition coefficient (Wildman–Crippen LogP) is 3.48. The molecule has 22 heavy (non-hydrogen) atoms. The number of para-hydroxylation sites is 2. The van der Waals surface area contributed by atoms with Crippen molar-refractivity contribution >= 4 is 27.7 Å². The third kappa shape index (κ3) is 1.93. The number of carbonyl (C=O) groups excluding carboxylic acids is 1. The smallest absolute Gasteiger partial charge is 0.250 e. The lowest BCUT2D eigenvalue weighted by atomic mass is 10.1. The van der Waals surface area contributed by atoms with Crippen LogP contribution in [0.2, 0.25) is 0 Å². The first kappa shape index (κ1) is 12.6. The molecule has 4 rings (SSSR count). The Morgan fingerprint density at radius 1 is 1.00 bits per heavy atom. The number of nitrogens with two attached hydrogens (primary N) is 1. The predicted molar refractivity (Wildman–Crippen MR) is 87.6 cm³/mol. The lowest BCUT2D eigenvalue weighted by molar-refractivity contribution is 0.100. The molecule has 2 aromatic carbocycles. The summed E-state index contributed by atoms with van der Waals surface area (Å²) in [5, 5.41) is 2.04. The van der Waals surface area contributed by atoms with Gasteiger partial charge in [-0.25, -0.2) is 0 Å². The van der Waals surface area contributed by atoms with Gasteiger partial charge in [0, 0.05) is 28.2 Å². The maximum atomic E-state index is 11.5. The number of aromatic amines is 1. The second-order valence-corrected chi connectivity index (χ2v) is 5.23. The Kier molecular flexibility index (Phi) is 2.69. The van der Waals surface area contributed by atoms with E-state index in [2.05, 4.69) is 16.0 Å². The first-order valence-corrected chi connectivity index (χ1v) is 6.99. The number of carbonyl (C=O) groups is 1. The molecule has 106 valence electrons. The van der Waals surface area contributed by atoms with Gasteiger partial charge in [-0.1, -0.05) is 30.3 Å². The van der Waals surface area contributed by atoms with Crippen molar-refractivity contribution in [1.29, 1.82) is 0 Å². The molecule has 3 N–H and O–H groups in total. The van der Waals surface area contributed by atoms with Gasteiger partial charge < -0.3 is 10.7 Å². The molecular formula is C18H13N3O. The van der Waals surface area contributed by atoms with E-state index in [-0.39, 0.29) is 0 Å². The summed E-state index contributed by atoms with van der Waals surface area (Å²) in [6.45, 7) is 0. The van der Waals surface area contributed by atoms with Crippen molar-refractivity contribution < 1.29 is 4.79 Å². The number of benzene rings is 2. The molecule has 4 aromatic rings. The van der Waals surface area contributed by atoms with Crippen LogP contribution in [0.25, 0.3) is 33.1 Å². The van der Waals surface area contributed by atoms with Crippen molar-refractivity contribution in [2.45, 2.75) is 0 Å². The molecule has 0 unspecified atom stereocenters. The number of fused-ring (bicyclic) bond motifs is 2. The first-order valence-electron chi connectivity index (χ1n) is 6.99. The average Bonchev–Trinajstić information content (AvgIpc) is 2.98. The Morgan fingerprint density at radius 3 is 2.68 bits per heavy atom. The zero-order valence-corrected chi connectivity index (χ0v) is 11.7. The molecule has 0 bridgehead atoms. The number of amides is 1. The number of primary amides is 1. The molecule has 2 heterocycles. The number of pyridine rings is 1. The number of nitrogens with zero attached hydrogens (tertiary/aromatic N) is 1. The summed E-state index contributed by atoms with van der Waals surface area (Å²) in [5.41, 5.74) is 9.54. The minimum Gasteiger partial charge on any atom is -0.366 e. The van der Waals surface area contributed by atoms with E-state index in [4.69, 9.17) is 5.73 Å². The molecule has 4 heteroatoms. The van der Waals surface area contributed by atoms with Gasteiger partial charge in [-0.2, -0.15) is 0 Å². The van der Waals surface area contributed by atoms with E-state index in [1.807, 2.05) is 48.7 Å². The summed E-state index contributed by atoms with van der Waals surface area (Å²) in [4.78, 5) is 19.3. The van der Waals surface area contributed by atoms with Crippen LogP contribution in [-0.4, -0.2) is 15.9 Å². The van der Waals surface area contributed by atoms with Gasteiger partial charge in [-0.05, 0) is 24.3 Å². The Hall–Kier alpha value is -3.14. The van der Waals surface area contributed by atoms with Crippen LogP contribution in [0.1, 0.15) is 10.4 Å². The number of hydrogen-bond donors (Lipinski definition) is 2. The van der Waals surface area contributed by atoms with Crippen molar-refractivity contribution in [3.05, 3.63) is 66.4 Å². The highest BCUT2D eigenvalue weighted by atomic mass is 16.1. The Labute approximate surface area is 126 Å². The van der Waals surface area contributed by atoms with E-state index in [1.54, 1.807) is 6.07 Å². The summed E-state index contributed by atoms with van der Waals surface area (Å²) in [5.74, 6) is -0.435. The third-order valence-electron chi connectivity index (χ3n) is 3.82. The minimum absolute atomic E-state index is 0.435. The fourth-order valence-electron chi connectivity index (χ4n) is 2.74. The Morgan fingerprint density at radius 2 is 1.82 bits per heavy atom. The minimum atomic E-state index is -0.435. The summed E-state index contributed by atoms with van der Waals surface area (Å²) in [6.07, 6.45) is 1.83. The molecule has 1 amide bonds. The quantitative estimate of drug-likeness (QED) is 0.592. The SMILES string of the molecule is NC(=O)c1cccc2cc(-c3cnc4ccccc4c3)[nH]c12. The lowest BCUT2D eigenvalue weighted by Crippen LogP contribution is -2.11. The second-order valence-electron chi connectivity index (χ2n) is 5.23. The number of rotatable bonds is 2. The van der Waals surface area contributed by atoms with Crippen LogP contribution in [0, 0.1) is 0 Å². The van der Waals surface area contributed by atoms with Crippen molar-refractivity contribution in [3.63, 3.8) is 0 Å². The zero-order valence-electron chi connectivity index (χ0n) is 11.7. The normalized spacial score (nSPS) is 11.1. The van der Waals surface area contributed by atoms with Crippen molar-refractivity contribution in [2.24, 2.45) is 5.73 Å². The van der Waals surface area contributed by atoms with Crippen LogP contribution in [0.15, 0.2) is 60.8 Å². The fraction of sp³-hybridized carbons (Fsp3) is 0. The van der Waals surface area contributed by atoms with Crippen LogP contribution >= 0.6 is 0 Å². The van der Waals surface area contributed by atoms with E-state index in [9.17, 15) is 4.79 Å². The van der Waals surface area contributed by atoms with E-state index in [1.165, 1.54) is 0 Å². The average molecular weight is 287 g/mol.